The van der Waals surface area contributed by atoms with E-state index in [2.05, 4.69) is 17.2 Å². The molecule has 1 amide bonds. The molecular formula is C14H20N2O4. The van der Waals surface area contributed by atoms with Gasteiger partial charge in [0.1, 0.15) is 11.4 Å². The highest BCUT2D eigenvalue weighted by atomic mass is 16.5. The quantitative estimate of drug-likeness (QED) is 0.795. The first-order chi connectivity index (χ1) is 9.43. The molecule has 1 rings (SSSR count). The zero-order chi connectivity index (χ0) is 15.1. The molecule has 0 fully saturated rings. The fourth-order valence-corrected chi connectivity index (χ4v) is 1.70. The largest absolute Gasteiger partial charge is 0.479 e. The van der Waals surface area contributed by atoms with Crippen LogP contribution in [0.25, 0.3) is 0 Å². The normalized spacial score (nSPS) is 13.3. The van der Waals surface area contributed by atoms with Crippen molar-refractivity contribution in [2.75, 3.05) is 0 Å². The summed E-state index contributed by atoms with van der Waals surface area (Å²) < 4.78 is 5.42. The Bertz CT molecular complexity index is 459. The Labute approximate surface area is 118 Å². The number of amides is 1. The molecule has 0 saturated heterocycles. The van der Waals surface area contributed by atoms with Crippen LogP contribution < -0.4 is 10.1 Å². The molecule has 2 atom stereocenters. The lowest BCUT2D eigenvalue weighted by Gasteiger charge is -2.18. The van der Waals surface area contributed by atoms with Gasteiger partial charge in [0.05, 0.1) is 6.20 Å². The summed E-state index contributed by atoms with van der Waals surface area (Å²) in [5.74, 6) is -0.940. The monoisotopic (exact) mass is 280 g/mol. The van der Waals surface area contributed by atoms with Crippen LogP contribution in [-0.4, -0.2) is 34.1 Å². The molecule has 0 aliphatic heterocycles. The SMILES string of the molecule is CCCC(C)NC(=O)C(C)Oc1ccc(C(=O)O)nc1. The zero-order valence-corrected chi connectivity index (χ0v) is 11.9. The Hall–Kier alpha value is -2.11. The van der Waals surface area contributed by atoms with Crippen molar-refractivity contribution in [3.63, 3.8) is 0 Å². The highest BCUT2D eigenvalue weighted by Crippen LogP contribution is 2.11. The van der Waals surface area contributed by atoms with Gasteiger partial charge in [-0.05, 0) is 32.4 Å². The number of pyridine rings is 1. The van der Waals surface area contributed by atoms with Crippen LogP contribution in [0.2, 0.25) is 0 Å². The summed E-state index contributed by atoms with van der Waals surface area (Å²) in [6.07, 6.45) is 2.54. The Morgan fingerprint density at radius 2 is 2.10 bits per heavy atom. The van der Waals surface area contributed by atoms with Gasteiger partial charge >= 0.3 is 5.97 Å². The Morgan fingerprint density at radius 3 is 2.60 bits per heavy atom. The molecule has 110 valence electrons. The number of hydrogen-bond donors (Lipinski definition) is 2. The number of carboxylic acids is 1. The van der Waals surface area contributed by atoms with E-state index in [-0.39, 0.29) is 17.6 Å². The van der Waals surface area contributed by atoms with Crippen LogP contribution in [0, 0.1) is 0 Å². The minimum atomic E-state index is -1.10. The van der Waals surface area contributed by atoms with Crippen molar-refractivity contribution in [2.24, 2.45) is 0 Å². The molecule has 1 aromatic heterocycles. The number of carboxylic acid groups (broad SMARTS) is 1. The lowest BCUT2D eigenvalue weighted by molar-refractivity contribution is -0.127. The van der Waals surface area contributed by atoms with Crippen molar-refractivity contribution in [3.8, 4) is 5.75 Å². The van der Waals surface area contributed by atoms with E-state index >= 15 is 0 Å². The van der Waals surface area contributed by atoms with Crippen molar-refractivity contribution >= 4 is 11.9 Å². The van der Waals surface area contributed by atoms with Crippen molar-refractivity contribution in [1.82, 2.24) is 10.3 Å². The molecule has 0 aromatic carbocycles. The number of rotatable bonds is 7. The van der Waals surface area contributed by atoms with E-state index in [1.807, 2.05) is 6.92 Å². The van der Waals surface area contributed by atoms with E-state index in [1.54, 1.807) is 6.92 Å². The Balaban J connectivity index is 2.54. The van der Waals surface area contributed by atoms with Crippen LogP contribution in [-0.2, 0) is 4.79 Å². The van der Waals surface area contributed by atoms with Crippen LogP contribution in [0.5, 0.6) is 5.75 Å². The topological polar surface area (TPSA) is 88.5 Å². The molecular weight excluding hydrogens is 260 g/mol. The average molecular weight is 280 g/mol. The summed E-state index contributed by atoms with van der Waals surface area (Å²) in [4.78, 5) is 26.2. The molecule has 2 N–H and O–H groups in total. The first kappa shape index (κ1) is 15.9. The van der Waals surface area contributed by atoms with Gasteiger partial charge in [-0.25, -0.2) is 9.78 Å². The molecule has 2 unspecified atom stereocenters. The number of nitrogens with zero attached hydrogens (tertiary/aromatic N) is 1. The maximum atomic E-state index is 11.9. The van der Waals surface area contributed by atoms with E-state index in [0.717, 1.165) is 12.8 Å². The van der Waals surface area contributed by atoms with Gasteiger partial charge < -0.3 is 15.2 Å². The van der Waals surface area contributed by atoms with Crippen LogP contribution >= 0.6 is 0 Å². The molecule has 0 saturated carbocycles. The van der Waals surface area contributed by atoms with Gasteiger partial charge in [-0.1, -0.05) is 13.3 Å². The smallest absolute Gasteiger partial charge is 0.354 e. The van der Waals surface area contributed by atoms with Crippen molar-refractivity contribution in [1.29, 1.82) is 0 Å². The van der Waals surface area contributed by atoms with Crippen molar-refractivity contribution in [3.05, 3.63) is 24.0 Å². The first-order valence-corrected chi connectivity index (χ1v) is 6.60. The van der Waals surface area contributed by atoms with Gasteiger partial charge in [0.25, 0.3) is 5.91 Å². The van der Waals surface area contributed by atoms with Crippen LogP contribution in [0.3, 0.4) is 0 Å². The lowest BCUT2D eigenvalue weighted by atomic mass is 10.2. The summed E-state index contributed by atoms with van der Waals surface area (Å²) in [6.45, 7) is 5.63. The van der Waals surface area contributed by atoms with Crippen molar-refractivity contribution in [2.45, 2.75) is 45.8 Å². The maximum Gasteiger partial charge on any atom is 0.354 e. The van der Waals surface area contributed by atoms with Gasteiger partial charge in [0.2, 0.25) is 0 Å². The third-order valence-electron chi connectivity index (χ3n) is 2.75. The van der Waals surface area contributed by atoms with Gasteiger partial charge in [-0.3, -0.25) is 4.79 Å². The van der Waals surface area contributed by atoms with Gasteiger partial charge in [0, 0.05) is 6.04 Å². The highest BCUT2D eigenvalue weighted by molar-refractivity contribution is 5.85. The van der Waals surface area contributed by atoms with Gasteiger partial charge in [-0.2, -0.15) is 0 Å². The third kappa shape index (κ3) is 4.87. The molecule has 0 aliphatic rings. The number of aromatic nitrogens is 1. The number of carbonyl (C=O) groups excluding carboxylic acids is 1. The Kier molecular flexibility index (Phi) is 5.96. The Morgan fingerprint density at radius 1 is 1.40 bits per heavy atom. The first-order valence-electron chi connectivity index (χ1n) is 6.60. The average Bonchev–Trinajstić information content (AvgIpc) is 2.39. The molecule has 0 radical (unpaired) electrons. The molecule has 1 aromatic rings. The standard InChI is InChI=1S/C14H20N2O4/c1-4-5-9(2)16-13(17)10(3)20-11-6-7-12(14(18)19)15-8-11/h6-10H,4-5H2,1-3H3,(H,16,17)(H,18,19). The van der Waals surface area contributed by atoms with E-state index in [0.29, 0.717) is 5.75 Å². The van der Waals surface area contributed by atoms with E-state index in [4.69, 9.17) is 9.84 Å². The molecule has 6 nitrogen and oxygen atoms in total. The zero-order valence-electron chi connectivity index (χ0n) is 11.9. The van der Waals surface area contributed by atoms with Gasteiger partial charge in [-0.15, -0.1) is 0 Å². The number of ether oxygens (including phenoxy) is 1. The summed E-state index contributed by atoms with van der Waals surface area (Å²) in [6, 6.07) is 2.92. The summed E-state index contributed by atoms with van der Waals surface area (Å²) in [7, 11) is 0. The summed E-state index contributed by atoms with van der Waals surface area (Å²) in [5.41, 5.74) is -0.0639. The minimum absolute atomic E-state index is 0.0639. The molecule has 20 heavy (non-hydrogen) atoms. The van der Waals surface area contributed by atoms with Crippen molar-refractivity contribution < 1.29 is 19.4 Å². The van der Waals surface area contributed by atoms with E-state index in [9.17, 15) is 9.59 Å². The summed E-state index contributed by atoms with van der Waals surface area (Å²) in [5, 5.41) is 11.6. The molecule has 0 aliphatic carbocycles. The second kappa shape index (κ2) is 7.47. The van der Waals surface area contributed by atoms with Crippen LogP contribution in [0.1, 0.15) is 44.1 Å². The second-order valence-electron chi connectivity index (χ2n) is 4.64. The summed E-state index contributed by atoms with van der Waals surface area (Å²) >= 11 is 0. The fraction of sp³-hybridized carbons (Fsp3) is 0.500. The fourth-order valence-electron chi connectivity index (χ4n) is 1.70. The number of carbonyl (C=O) groups is 2. The molecule has 6 heteroatoms. The number of aromatic carboxylic acids is 1. The van der Waals surface area contributed by atoms with Gasteiger partial charge in [0.15, 0.2) is 6.10 Å². The predicted octanol–water partition coefficient (Wildman–Crippen LogP) is 1.85. The van der Waals surface area contributed by atoms with Crippen LogP contribution in [0.4, 0.5) is 0 Å². The van der Waals surface area contributed by atoms with E-state index in [1.165, 1.54) is 18.3 Å². The molecule has 0 bridgehead atoms. The highest BCUT2D eigenvalue weighted by Gasteiger charge is 2.17. The lowest BCUT2D eigenvalue weighted by Crippen LogP contribution is -2.41. The number of nitrogens with one attached hydrogen (secondary N) is 1. The third-order valence-corrected chi connectivity index (χ3v) is 2.75. The maximum absolute atomic E-state index is 11.9. The minimum Gasteiger partial charge on any atom is -0.479 e. The van der Waals surface area contributed by atoms with E-state index < -0.39 is 12.1 Å². The van der Waals surface area contributed by atoms with Crippen LogP contribution in [0.15, 0.2) is 18.3 Å². The predicted molar refractivity (Wildman–Crippen MR) is 73.8 cm³/mol. The molecule has 1 heterocycles. The molecule has 0 spiro atoms. The number of hydrogen-bond acceptors (Lipinski definition) is 4. The second-order valence-corrected chi connectivity index (χ2v) is 4.64.